The average Bonchev–Trinajstić information content (AvgIpc) is 2.27. The van der Waals surface area contributed by atoms with Crippen LogP contribution in [0.4, 0.5) is 4.79 Å². The Labute approximate surface area is 97.9 Å². The number of urea groups is 1. The van der Waals surface area contributed by atoms with Gasteiger partial charge in [-0.15, -0.1) is 0 Å². The quantitative estimate of drug-likeness (QED) is 0.613. The van der Waals surface area contributed by atoms with Crippen molar-refractivity contribution in [1.82, 2.24) is 9.80 Å². The summed E-state index contributed by atoms with van der Waals surface area (Å²) in [5.41, 5.74) is 4.97. The Hall–Kier alpha value is -1.83. The summed E-state index contributed by atoms with van der Waals surface area (Å²) in [4.78, 5) is 35.6. The van der Waals surface area contributed by atoms with Crippen LogP contribution in [0.2, 0.25) is 0 Å². The topological polar surface area (TPSA) is 113 Å². The third-order valence-corrected chi connectivity index (χ3v) is 2.22. The van der Waals surface area contributed by atoms with E-state index in [9.17, 15) is 14.4 Å². The molecule has 0 aromatic rings. The largest absolute Gasteiger partial charge is 0.480 e. The molecule has 3 amide bonds. The van der Waals surface area contributed by atoms with Gasteiger partial charge in [0.1, 0.15) is 13.1 Å². The van der Waals surface area contributed by atoms with Crippen LogP contribution in [-0.2, 0) is 14.3 Å². The minimum Gasteiger partial charge on any atom is -0.480 e. The van der Waals surface area contributed by atoms with Crippen LogP contribution in [0.25, 0.3) is 0 Å². The molecule has 1 aliphatic rings. The fraction of sp³-hybridized carbons (Fsp3) is 0.667. The lowest BCUT2D eigenvalue weighted by atomic mass is 10.4. The second kappa shape index (κ2) is 6.04. The molecule has 0 aromatic heterocycles. The molecule has 0 saturated carbocycles. The zero-order valence-electron chi connectivity index (χ0n) is 9.29. The summed E-state index contributed by atoms with van der Waals surface area (Å²) in [6.07, 6.45) is 0. The standard InChI is InChI=1S/C9H15N3O5/c10-7(13)5-12(6-8(14)15)9(16)11-1-3-17-4-2-11/h1-6H2,(H2,10,13)(H,14,15). The number of carbonyl (C=O) groups is 3. The molecule has 17 heavy (non-hydrogen) atoms. The van der Waals surface area contributed by atoms with Crippen molar-refractivity contribution in [1.29, 1.82) is 0 Å². The molecule has 8 heteroatoms. The van der Waals surface area contributed by atoms with Crippen LogP contribution in [0.1, 0.15) is 0 Å². The molecule has 0 atom stereocenters. The highest BCUT2D eigenvalue weighted by Crippen LogP contribution is 2.03. The van der Waals surface area contributed by atoms with E-state index in [-0.39, 0.29) is 0 Å². The van der Waals surface area contributed by atoms with Gasteiger partial charge in [-0.25, -0.2) is 4.79 Å². The van der Waals surface area contributed by atoms with Crippen molar-refractivity contribution in [3.63, 3.8) is 0 Å². The fourth-order valence-electron chi connectivity index (χ4n) is 1.50. The highest BCUT2D eigenvalue weighted by atomic mass is 16.5. The lowest BCUT2D eigenvalue weighted by molar-refractivity contribution is -0.138. The highest BCUT2D eigenvalue weighted by Gasteiger charge is 2.25. The van der Waals surface area contributed by atoms with Crippen LogP contribution in [0, 0.1) is 0 Å². The molecule has 0 unspecified atom stereocenters. The average molecular weight is 245 g/mol. The van der Waals surface area contributed by atoms with Gasteiger partial charge in [0.25, 0.3) is 0 Å². The Kier molecular flexibility index (Phi) is 4.70. The molecule has 1 fully saturated rings. The number of nitrogens with two attached hydrogens (primary N) is 1. The number of carboxylic acid groups (broad SMARTS) is 1. The number of carboxylic acids is 1. The molecule has 0 aromatic carbocycles. The first-order chi connectivity index (χ1) is 8.00. The molecular formula is C9H15N3O5. The Bertz CT molecular complexity index is 298. The second-order valence-corrected chi connectivity index (χ2v) is 3.60. The van der Waals surface area contributed by atoms with Gasteiger partial charge in [-0.1, -0.05) is 0 Å². The van der Waals surface area contributed by atoms with Gasteiger partial charge >= 0.3 is 12.0 Å². The SMILES string of the molecule is NC(=O)CN(CC(=O)O)C(=O)N1CCOCC1. The molecule has 0 spiro atoms. The lowest BCUT2D eigenvalue weighted by Crippen LogP contribution is -2.51. The number of hydrogen-bond acceptors (Lipinski definition) is 4. The van der Waals surface area contributed by atoms with Gasteiger partial charge in [0.2, 0.25) is 5.91 Å². The summed E-state index contributed by atoms with van der Waals surface area (Å²) in [5, 5.41) is 8.65. The maximum absolute atomic E-state index is 11.9. The smallest absolute Gasteiger partial charge is 0.323 e. The number of carbonyl (C=O) groups excluding carboxylic acids is 2. The van der Waals surface area contributed by atoms with Gasteiger partial charge in [-0.3, -0.25) is 9.59 Å². The molecule has 1 aliphatic heterocycles. The van der Waals surface area contributed by atoms with Crippen LogP contribution in [0.3, 0.4) is 0 Å². The Balaban J connectivity index is 2.63. The number of nitrogens with zero attached hydrogens (tertiary/aromatic N) is 2. The van der Waals surface area contributed by atoms with E-state index >= 15 is 0 Å². The van der Waals surface area contributed by atoms with Crippen LogP contribution in [-0.4, -0.2) is 72.2 Å². The number of amides is 3. The van der Waals surface area contributed by atoms with E-state index in [4.69, 9.17) is 15.6 Å². The minimum atomic E-state index is -1.19. The maximum Gasteiger partial charge on any atom is 0.323 e. The number of rotatable bonds is 4. The number of ether oxygens (including phenoxy) is 1. The van der Waals surface area contributed by atoms with E-state index in [1.54, 1.807) is 0 Å². The fourth-order valence-corrected chi connectivity index (χ4v) is 1.50. The summed E-state index contributed by atoms with van der Waals surface area (Å²) in [6, 6.07) is -0.505. The Morgan fingerprint density at radius 1 is 1.24 bits per heavy atom. The molecule has 0 radical (unpaired) electrons. The minimum absolute atomic E-state index is 0.383. The molecule has 0 bridgehead atoms. The Morgan fingerprint density at radius 2 is 1.82 bits per heavy atom. The van der Waals surface area contributed by atoms with Gasteiger partial charge < -0.3 is 25.4 Å². The number of primary amides is 1. The molecule has 1 heterocycles. The van der Waals surface area contributed by atoms with Gasteiger partial charge in [0, 0.05) is 13.1 Å². The third kappa shape index (κ3) is 4.27. The molecule has 3 N–H and O–H groups in total. The number of hydrogen-bond donors (Lipinski definition) is 2. The summed E-state index contributed by atoms with van der Waals surface area (Å²) in [5.74, 6) is -1.93. The van der Waals surface area contributed by atoms with Crippen LogP contribution < -0.4 is 5.73 Å². The predicted octanol–water partition coefficient (Wildman–Crippen LogP) is -1.69. The van der Waals surface area contributed by atoms with Crippen LogP contribution in [0.15, 0.2) is 0 Å². The van der Waals surface area contributed by atoms with E-state index in [2.05, 4.69) is 0 Å². The molecular weight excluding hydrogens is 230 g/mol. The van der Waals surface area contributed by atoms with Gasteiger partial charge in [-0.2, -0.15) is 0 Å². The number of morpholine rings is 1. The first kappa shape index (κ1) is 13.2. The van der Waals surface area contributed by atoms with Crippen molar-refractivity contribution < 1.29 is 24.2 Å². The molecule has 1 saturated heterocycles. The normalized spacial score (nSPS) is 15.4. The summed E-state index contributed by atoms with van der Waals surface area (Å²) >= 11 is 0. The van der Waals surface area contributed by atoms with Crippen LogP contribution in [0.5, 0.6) is 0 Å². The Morgan fingerprint density at radius 3 is 2.29 bits per heavy atom. The zero-order valence-corrected chi connectivity index (χ0v) is 9.29. The van der Waals surface area contributed by atoms with Crippen molar-refractivity contribution in [2.24, 2.45) is 5.73 Å². The molecule has 1 rings (SSSR count). The van der Waals surface area contributed by atoms with E-state index in [0.29, 0.717) is 26.3 Å². The summed E-state index contributed by atoms with van der Waals surface area (Å²) in [7, 11) is 0. The summed E-state index contributed by atoms with van der Waals surface area (Å²) in [6.45, 7) is 0.634. The summed E-state index contributed by atoms with van der Waals surface area (Å²) < 4.78 is 5.07. The van der Waals surface area contributed by atoms with E-state index in [1.165, 1.54) is 4.90 Å². The van der Waals surface area contributed by atoms with Crippen molar-refractivity contribution in [3.05, 3.63) is 0 Å². The van der Waals surface area contributed by atoms with E-state index < -0.39 is 31.0 Å². The monoisotopic (exact) mass is 245 g/mol. The zero-order chi connectivity index (χ0) is 12.8. The number of aliphatic carboxylic acids is 1. The maximum atomic E-state index is 11.9. The van der Waals surface area contributed by atoms with Crippen molar-refractivity contribution in [2.45, 2.75) is 0 Å². The predicted molar refractivity (Wildman–Crippen MR) is 56.2 cm³/mol. The van der Waals surface area contributed by atoms with Gasteiger partial charge in [0.15, 0.2) is 0 Å². The van der Waals surface area contributed by atoms with Crippen molar-refractivity contribution >= 4 is 17.9 Å². The first-order valence-corrected chi connectivity index (χ1v) is 5.12. The van der Waals surface area contributed by atoms with Gasteiger partial charge in [-0.05, 0) is 0 Å². The first-order valence-electron chi connectivity index (χ1n) is 5.12. The third-order valence-electron chi connectivity index (χ3n) is 2.22. The lowest BCUT2D eigenvalue weighted by Gasteiger charge is -2.31. The van der Waals surface area contributed by atoms with E-state index in [1.807, 2.05) is 0 Å². The van der Waals surface area contributed by atoms with Crippen molar-refractivity contribution in [2.75, 3.05) is 39.4 Å². The second-order valence-electron chi connectivity index (χ2n) is 3.60. The van der Waals surface area contributed by atoms with Gasteiger partial charge in [0.05, 0.1) is 13.2 Å². The molecule has 0 aliphatic carbocycles. The molecule has 96 valence electrons. The molecule has 8 nitrogen and oxygen atoms in total. The van der Waals surface area contributed by atoms with Crippen molar-refractivity contribution in [3.8, 4) is 0 Å². The van der Waals surface area contributed by atoms with Crippen LogP contribution >= 0.6 is 0 Å². The van der Waals surface area contributed by atoms with E-state index in [0.717, 1.165) is 4.90 Å². The highest BCUT2D eigenvalue weighted by molar-refractivity contribution is 5.86.